The Bertz CT molecular complexity index is 991. The van der Waals surface area contributed by atoms with Crippen molar-refractivity contribution in [1.29, 1.82) is 0 Å². The van der Waals surface area contributed by atoms with Crippen LogP contribution in [-0.2, 0) is 4.79 Å². The van der Waals surface area contributed by atoms with Crippen LogP contribution in [0, 0.1) is 0 Å². The number of nitrogens with zero attached hydrogens (tertiary/aromatic N) is 1. The maximum atomic E-state index is 12.6. The fourth-order valence-electron chi connectivity index (χ4n) is 2.71. The SMILES string of the molecule is CCCCOc1ccc(NC(=O)COc2ccccc2C(=O)Nc2ccccn2)cc1. The molecule has 0 aliphatic carbocycles. The Hall–Kier alpha value is -3.87. The van der Waals surface area contributed by atoms with Crippen molar-refractivity contribution in [2.75, 3.05) is 23.8 Å². The van der Waals surface area contributed by atoms with Crippen LogP contribution in [0.1, 0.15) is 30.1 Å². The lowest BCUT2D eigenvalue weighted by atomic mass is 10.2. The molecule has 0 saturated carbocycles. The fraction of sp³-hybridized carbons (Fsp3) is 0.208. The first kappa shape index (κ1) is 21.8. The van der Waals surface area contributed by atoms with E-state index in [0.717, 1.165) is 18.6 Å². The topological polar surface area (TPSA) is 89.5 Å². The number of unbranched alkanes of at least 4 members (excludes halogenated alkanes) is 1. The van der Waals surface area contributed by atoms with Crippen molar-refractivity contribution in [2.45, 2.75) is 19.8 Å². The van der Waals surface area contributed by atoms with Crippen molar-refractivity contribution >= 4 is 23.3 Å². The quantitative estimate of drug-likeness (QED) is 0.471. The van der Waals surface area contributed by atoms with Gasteiger partial charge < -0.3 is 20.1 Å². The lowest BCUT2D eigenvalue weighted by Crippen LogP contribution is -2.21. The zero-order chi connectivity index (χ0) is 21.9. The zero-order valence-corrected chi connectivity index (χ0v) is 17.3. The van der Waals surface area contributed by atoms with E-state index in [-0.39, 0.29) is 18.4 Å². The highest BCUT2D eigenvalue weighted by Crippen LogP contribution is 2.20. The van der Waals surface area contributed by atoms with Crippen molar-refractivity contribution in [1.82, 2.24) is 4.98 Å². The molecule has 0 unspecified atom stereocenters. The number of aromatic nitrogens is 1. The normalized spacial score (nSPS) is 10.2. The summed E-state index contributed by atoms with van der Waals surface area (Å²) < 4.78 is 11.2. The van der Waals surface area contributed by atoms with Gasteiger partial charge in [-0.15, -0.1) is 0 Å². The van der Waals surface area contributed by atoms with E-state index in [0.29, 0.717) is 29.4 Å². The average Bonchev–Trinajstić information content (AvgIpc) is 2.80. The van der Waals surface area contributed by atoms with Gasteiger partial charge in [-0.05, 0) is 55.0 Å². The van der Waals surface area contributed by atoms with Gasteiger partial charge in [0.15, 0.2) is 6.61 Å². The highest BCUT2D eigenvalue weighted by molar-refractivity contribution is 6.05. The van der Waals surface area contributed by atoms with Crippen LogP contribution in [-0.4, -0.2) is 30.0 Å². The summed E-state index contributed by atoms with van der Waals surface area (Å²) in [6.45, 7) is 2.54. The molecule has 3 rings (SSSR count). The van der Waals surface area contributed by atoms with Crippen molar-refractivity contribution in [3.05, 3.63) is 78.5 Å². The van der Waals surface area contributed by atoms with E-state index in [1.807, 2.05) is 12.1 Å². The van der Waals surface area contributed by atoms with Crippen LogP contribution in [0.2, 0.25) is 0 Å². The Morgan fingerprint density at radius 1 is 0.903 bits per heavy atom. The predicted octanol–water partition coefficient (Wildman–Crippen LogP) is 4.53. The molecule has 1 heterocycles. The molecule has 1 aromatic heterocycles. The van der Waals surface area contributed by atoms with Crippen LogP contribution in [0.5, 0.6) is 11.5 Å². The average molecular weight is 419 g/mol. The molecule has 3 aromatic rings. The maximum Gasteiger partial charge on any atom is 0.262 e. The monoisotopic (exact) mass is 419 g/mol. The van der Waals surface area contributed by atoms with Gasteiger partial charge in [-0.2, -0.15) is 0 Å². The van der Waals surface area contributed by atoms with Crippen molar-refractivity contribution in [3.8, 4) is 11.5 Å². The smallest absolute Gasteiger partial charge is 0.262 e. The number of carbonyl (C=O) groups excluding carboxylic acids is 2. The van der Waals surface area contributed by atoms with Gasteiger partial charge in [0.25, 0.3) is 11.8 Å². The van der Waals surface area contributed by atoms with E-state index in [2.05, 4.69) is 22.5 Å². The molecule has 2 amide bonds. The van der Waals surface area contributed by atoms with Crippen molar-refractivity contribution < 1.29 is 19.1 Å². The van der Waals surface area contributed by atoms with Crippen LogP contribution < -0.4 is 20.1 Å². The number of ether oxygens (including phenoxy) is 2. The van der Waals surface area contributed by atoms with Gasteiger partial charge in [0.05, 0.1) is 12.2 Å². The summed E-state index contributed by atoms with van der Waals surface area (Å²) in [7, 11) is 0. The Morgan fingerprint density at radius 3 is 2.42 bits per heavy atom. The molecule has 0 fully saturated rings. The largest absolute Gasteiger partial charge is 0.494 e. The van der Waals surface area contributed by atoms with Crippen LogP contribution in [0.15, 0.2) is 72.9 Å². The number of carbonyl (C=O) groups is 2. The molecule has 2 N–H and O–H groups in total. The van der Waals surface area contributed by atoms with Gasteiger partial charge in [-0.25, -0.2) is 4.98 Å². The standard InChI is InChI=1S/C24H25N3O4/c1-2-3-16-30-19-13-11-18(12-14-19)26-23(28)17-31-21-9-5-4-8-20(21)24(29)27-22-10-6-7-15-25-22/h4-15H,2-3,16-17H2,1H3,(H,26,28)(H,25,27,29). The second-order valence-corrected chi connectivity index (χ2v) is 6.73. The number of hydrogen-bond acceptors (Lipinski definition) is 5. The van der Waals surface area contributed by atoms with Gasteiger partial charge in [-0.3, -0.25) is 9.59 Å². The lowest BCUT2D eigenvalue weighted by Gasteiger charge is -2.12. The summed E-state index contributed by atoms with van der Waals surface area (Å²) in [6.07, 6.45) is 3.66. The number of nitrogens with one attached hydrogen (secondary N) is 2. The maximum absolute atomic E-state index is 12.6. The number of rotatable bonds is 10. The molecule has 0 radical (unpaired) electrons. The summed E-state index contributed by atoms with van der Waals surface area (Å²) in [5.41, 5.74) is 0.951. The second kappa shape index (κ2) is 11.3. The molecular formula is C24H25N3O4. The van der Waals surface area contributed by atoms with Crippen molar-refractivity contribution in [2.24, 2.45) is 0 Å². The van der Waals surface area contributed by atoms with E-state index in [4.69, 9.17) is 9.47 Å². The Labute approximate surface area is 181 Å². The summed E-state index contributed by atoms with van der Waals surface area (Å²) in [4.78, 5) is 28.9. The van der Waals surface area contributed by atoms with E-state index in [1.165, 1.54) is 0 Å². The first-order chi connectivity index (χ1) is 15.2. The number of anilines is 2. The molecule has 0 bridgehead atoms. The van der Waals surface area contributed by atoms with E-state index in [1.54, 1.807) is 60.8 Å². The minimum atomic E-state index is -0.367. The first-order valence-electron chi connectivity index (χ1n) is 10.1. The van der Waals surface area contributed by atoms with Crippen molar-refractivity contribution in [3.63, 3.8) is 0 Å². The summed E-state index contributed by atoms with van der Waals surface area (Å²) in [5.74, 6) is 0.802. The molecule has 0 saturated heterocycles. The molecule has 2 aromatic carbocycles. The van der Waals surface area contributed by atoms with Gasteiger partial charge in [0.2, 0.25) is 0 Å². The summed E-state index contributed by atoms with van der Waals surface area (Å²) >= 11 is 0. The van der Waals surface area contributed by atoms with E-state index < -0.39 is 0 Å². The van der Waals surface area contributed by atoms with Crippen LogP contribution >= 0.6 is 0 Å². The second-order valence-electron chi connectivity index (χ2n) is 6.73. The number of hydrogen-bond donors (Lipinski definition) is 2. The molecule has 0 atom stereocenters. The van der Waals surface area contributed by atoms with Gasteiger partial charge in [-0.1, -0.05) is 31.5 Å². The third-order valence-corrected chi connectivity index (χ3v) is 4.30. The molecule has 0 aliphatic rings. The Kier molecular flexibility index (Phi) is 7.99. The Balaban J connectivity index is 1.54. The number of pyridine rings is 1. The molecule has 160 valence electrons. The highest BCUT2D eigenvalue weighted by atomic mass is 16.5. The molecule has 31 heavy (non-hydrogen) atoms. The molecule has 0 aliphatic heterocycles. The van der Waals surface area contributed by atoms with Gasteiger partial charge >= 0.3 is 0 Å². The number of para-hydroxylation sites is 1. The Morgan fingerprint density at radius 2 is 1.68 bits per heavy atom. The van der Waals surface area contributed by atoms with E-state index in [9.17, 15) is 9.59 Å². The van der Waals surface area contributed by atoms with E-state index >= 15 is 0 Å². The summed E-state index contributed by atoms with van der Waals surface area (Å²) in [6, 6.07) is 19.1. The third-order valence-electron chi connectivity index (χ3n) is 4.30. The van der Waals surface area contributed by atoms with Crippen LogP contribution in [0.25, 0.3) is 0 Å². The first-order valence-corrected chi connectivity index (χ1v) is 10.1. The number of amides is 2. The van der Waals surface area contributed by atoms with Crippen LogP contribution in [0.3, 0.4) is 0 Å². The minimum absolute atomic E-state index is 0.234. The third kappa shape index (κ3) is 6.85. The molecule has 0 spiro atoms. The van der Waals surface area contributed by atoms with Crippen LogP contribution in [0.4, 0.5) is 11.5 Å². The highest BCUT2D eigenvalue weighted by Gasteiger charge is 2.14. The molecular weight excluding hydrogens is 394 g/mol. The molecule has 7 heteroatoms. The lowest BCUT2D eigenvalue weighted by molar-refractivity contribution is -0.118. The number of benzene rings is 2. The summed E-state index contributed by atoms with van der Waals surface area (Å²) in [5, 5.41) is 5.47. The minimum Gasteiger partial charge on any atom is -0.494 e. The van der Waals surface area contributed by atoms with Gasteiger partial charge in [0.1, 0.15) is 17.3 Å². The fourth-order valence-corrected chi connectivity index (χ4v) is 2.71. The zero-order valence-electron chi connectivity index (χ0n) is 17.3. The predicted molar refractivity (Wildman–Crippen MR) is 120 cm³/mol. The molecule has 7 nitrogen and oxygen atoms in total. The van der Waals surface area contributed by atoms with Gasteiger partial charge in [0, 0.05) is 11.9 Å².